The summed E-state index contributed by atoms with van der Waals surface area (Å²) < 4.78 is 13.3. The van der Waals surface area contributed by atoms with E-state index < -0.39 is 5.60 Å². The van der Waals surface area contributed by atoms with E-state index in [1.165, 1.54) is 33.4 Å². The van der Waals surface area contributed by atoms with Gasteiger partial charge in [-0.2, -0.15) is 0 Å². The summed E-state index contributed by atoms with van der Waals surface area (Å²) in [6.07, 6.45) is 0.924. The molecule has 3 aliphatic rings. The zero-order valence-electron chi connectivity index (χ0n) is 15.0. The van der Waals surface area contributed by atoms with Gasteiger partial charge in [-0.1, -0.05) is 60.7 Å². The van der Waals surface area contributed by atoms with Crippen molar-refractivity contribution in [1.29, 1.82) is 0 Å². The molecule has 2 nitrogen and oxygen atoms in total. The van der Waals surface area contributed by atoms with Crippen molar-refractivity contribution in [2.75, 3.05) is 0 Å². The fourth-order valence-electron chi connectivity index (χ4n) is 5.15. The van der Waals surface area contributed by atoms with Crippen LogP contribution in [0.4, 0.5) is 0 Å². The van der Waals surface area contributed by atoms with Crippen molar-refractivity contribution in [2.45, 2.75) is 37.6 Å². The quantitative estimate of drug-likeness (QED) is 0.531. The predicted octanol–water partition coefficient (Wildman–Crippen LogP) is 5.59. The standard InChI is InChI=1S/C24H20O2/c1-23(2)14-21-22-19(12-7-13-20(22)25-23)24(26-21)17-10-5-3-8-15(17)16-9-4-6-11-18(16)24/h3-13,21H,14H2,1-2H3. The Morgan fingerprint density at radius 1 is 0.769 bits per heavy atom. The fourth-order valence-corrected chi connectivity index (χ4v) is 5.15. The molecule has 2 heterocycles. The van der Waals surface area contributed by atoms with E-state index in [9.17, 15) is 0 Å². The fraction of sp³-hybridized carbons (Fsp3) is 0.250. The van der Waals surface area contributed by atoms with E-state index in [4.69, 9.17) is 9.47 Å². The van der Waals surface area contributed by atoms with Crippen molar-refractivity contribution >= 4 is 0 Å². The highest BCUT2D eigenvalue weighted by Crippen LogP contribution is 2.63. The maximum absolute atomic E-state index is 6.97. The predicted molar refractivity (Wildman–Crippen MR) is 101 cm³/mol. The maximum Gasteiger partial charge on any atom is 0.146 e. The number of hydrogen-bond donors (Lipinski definition) is 0. The highest BCUT2D eigenvalue weighted by atomic mass is 16.5. The van der Waals surface area contributed by atoms with Gasteiger partial charge in [0.15, 0.2) is 0 Å². The van der Waals surface area contributed by atoms with Gasteiger partial charge in [0.25, 0.3) is 0 Å². The van der Waals surface area contributed by atoms with Gasteiger partial charge in [-0.15, -0.1) is 0 Å². The van der Waals surface area contributed by atoms with Gasteiger partial charge in [0.1, 0.15) is 17.0 Å². The van der Waals surface area contributed by atoms with Crippen molar-refractivity contribution in [1.82, 2.24) is 0 Å². The van der Waals surface area contributed by atoms with Crippen molar-refractivity contribution in [3.63, 3.8) is 0 Å². The summed E-state index contributed by atoms with van der Waals surface area (Å²) in [6, 6.07) is 23.7. The maximum atomic E-state index is 6.97. The monoisotopic (exact) mass is 340 g/mol. The van der Waals surface area contributed by atoms with Crippen LogP contribution in [0.1, 0.15) is 48.6 Å². The van der Waals surface area contributed by atoms with Crippen LogP contribution in [0.3, 0.4) is 0 Å². The molecule has 0 saturated heterocycles. The molecule has 0 bridgehead atoms. The van der Waals surface area contributed by atoms with E-state index >= 15 is 0 Å². The van der Waals surface area contributed by atoms with Crippen LogP contribution in [0.2, 0.25) is 0 Å². The molecule has 1 atom stereocenters. The van der Waals surface area contributed by atoms with Gasteiger partial charge in [-0.25, -0.2) is 0 Å². The molecule has 3 aromatic rings. The molecule has 0 fully saturated rings. The number of benzene rings is 3. The summed E-state index contributed by atoms with van der Waals surface area (Å²) in [5, 5.41) is 0. The first-order chi connectivity index (χ1) is 12.6. The largest absolute Gasteiger partial charge is 0.487 e. The topological polar surface area (TPSA) is 18.5 Å². The van der Waals surface area contributed by atoms with Gasteiger partial charge in [-0.3, -0.25) is 0 Å². The van der Waals surface area contributed by atoms with Crippen molar-refractivity contribution in [2.24, 2.45) is 0 Å². The summed E-state index contributed by atoms with van der Waals surface area (Å²) in [4.78, 5) is 0. The molecular weight excluding hydrogens is 320 g/mol. The molecule has 1 unspecified atom stereocenters. The van der Waals surface area contributed by atoms with Gasteiger partial charge in [0.2, 0.25) is 0 Å². The van der Waals surface area contributed by atoms with Crippen molar-refractivity contribution in [3.8, 4) is 16.9 Å². The van der Waals surface area contributed by atoms with Crippen molar-refractivity contribution < 1.29 is 9.47 Å². The Morgan fingerprint density at radius 3 is 2.08 bits per heavy atom. The molecular formula is C24H20O2. The minimum Gasteiger partial charge on any atom is -0.487 e. The first-order valence-corrected chi connectivity index (χ1v) is 9.30. The zero-order valence-corrected chi connectivity index (χ0v) is 15.0. The third-order valence-corrected chi connectivity index (χ3v) is 6.05. The van der Waals surface area contributed by atoms with Gasteiger partial charge in [-0.05, 0) is 31.0 Å². The molecule has 3 aromatic carbocycles. The van der Waals surface area contributed by atoms with Crippen LogP contribution in [0.15, 0.2) is 66.7 Å². The number of rotatable bonds is 0. The number of ether oxygens (including phenoxy) is 2. The van der Waals surface area contributed by atoms with Crippen LogP contribution in [0, 0.1) is 0 Å². The van der Waals surface area contributed by atoms with Crippen LogP contribution in [0.5, 0.6) is 5.75 Å². The molecule has 2 heteroatoms. The Hall–Kier alpha value is -2.58. The molecule has 1 aliphatic carbocycles. The Morgan fingerprint density at radius 2 is 1.38 bits per heavy atom. The summed E-state index contributed by atoms with van der Waals surface area (Å²) >= 11 is 0. The zero-order chi connectivity index (χ0) is 17.5. The summed E-state index contributed by atoms with van der Waals surface area (Å²) in [5.41, 5.74) is 6.79. The normalized spacial score (nSPS) is 22.5. The van der Waals surface area contributed by atoms with E-state index in [0.29, 0.717) is 0 Å². The Labute approximate surface area is 153 Å². The lowest BCUT2D eigenvalue weighted by Crippen LogP contribution is -2.34. The average Bonchev–Trinajstić information content (AvgIpc) is 3.11. The Bertz CT molecular complexity index is 1020. The van der Waals surface area contributed by atoms with Crippen molar-refractivity contribution in [3.05, 3.63) is 89.0 Å². The van der Waals surface area contributed by atoms with Crippen LogP contribution in [-0.4, -0.2) is 5.60 Å². The van der Waals surface area contributed by atoms with E-state index in [0.717, 1.165) is 12.2 Å². The Balaban J connectivity index is 1.71. The lowest BCUT2D eigenvalue weighted by molar-refractivity contribution is -0.0659. The minimum absolute atomic E-state index is 0.0594. The molecule has 0 N–H and O–H groups in total. The molecule has 0 saturated carbocycles. The molecule has 0 amide bonds. The molecule has 1 spiro atoms. The summed E-state index contributed by atoms with van der Waals surface area (Å²) in [6.45, 7) is 4.29. The van der Waals surface area contributed by atoms with Crippen LogP contribution >= 0.6 is 0 Å². The third kappa shape index (κ3) is 1.61. The SMILES string of the molecule is CC1(C)CC2OC3(c4ccccc4-c4ccccc43)c3cccc(c32)O1. The molecule has 26 heavy (non-hydrogen) atoms. The number of fused-ring (bicyclic) bond motifs is 6. The molecule has 0 radical (unpaired) electrons. The molecule has 2 aliphatic heterocycles. The van der Waals surface area contributed by atoms with E-state index in [1.807, 2.05) is 0 Å². The van der Waals surface area contributed by atoms with E-state index in [1.54, 1.807) is 0 Å². The highest BCUT2D eigenvalue weighted by molar-refractivity contribution is 5.83. The summed E-state index contributed by atoms with van der Waals surface area (Å²) in [7, 11) is 0. The lowest BCUT2D eigenvalue weighted by atomic mass is 9.82. The van der Waals surface area contributed by atoms with Crippen LogP contribution in [0.25, 0.3) is 11.1 Å². The minimum atomic E-state index is -0.521. The third-order valence-electron chi connectivity index (χ3n) is 6.05. The van der Waals surface area contributed by atoms with E-state index in [-0.39, 0.29) is 11.7 Å². The second-order valence-corrected chi connectivity index (χ2v) is 8.16. The van der Waals surface area contributed by atoms with Gasteiger partial charge in [0, 0.05) is 28.7 Å². The second-order valence-electron chi connectivity index (χ2n) is 8.16. The van der Waals surface area contributed by atoms with E-state index in [2.05, 4.69) is 80.6 Å². The van der Waals surface area contributed by atoms with Gasteiger partial charge < -0.3 is 9.47 Å². The number of hydrogen-bond acceptors (Lipinski definition) is 2. The second kappa shape index (κ2) is 4.57. The van der Waals surface area contributed by atoms with Crippen LogP contribution in [-0.2, 0) is 10.3 Å². The molecule has 6 rings (SSSR count). The average molecular weight is 340 g/mol. The van der Waals surface area contributed by atoms with Crippen LogP contribution < -0.4 is 4.74 Å². The van der Waals surface area contributed by atoms with Gasteiger partial charge in [0.05, 0.1) is 6.10 Å². The smallest absolute Gasteiger partial charge is 0.146 e. The highest BCUT2D eigenvalue weighted by Gasteiger charge is 2.55. The Kier molecular flexibility index (Phi) is 2.56. The molecule has 128 valence electrons. The van der Waals surface area contributed by atoms with Gasteiger partial charge >= 0.3 is 0 Å². The first kappa shape index (κ1) is 14.6. The lowest BCUT2D eigenvalue weighted by Gasteiger charge is -2.35. The first-order valence-electron chi connectivity index (χ1n) is 9.30. The molecule has 0 aromatic heterocycles. The summed E-state index contributed by atoms with van der Waals surface area (Å²) in [5.74, 6) is 0.975.